The van der Waals surface area contributed by atoms with Gasteiger partial charge in [-0.15, -0.1) is 0 Å². The molecule has 0 fully saturated rings. The van der Waals surface area contributed by atoms with Gasteiger partial charge in [-0.2, -0.15) is 9.97 Å². The Morgan fingerprint density at radius 2 is 1.79 bits per heavy atom. The predicted molar refractivity (Wildman–Crippen MR) is 103 cm³/mol. The summed E-state index contributed by atoms with van der Waals surface area (Å²) in [5, 5.41) is 22.4. The molecule has 1 aromatic heterocycles. The zero-order chi connectivity index (χ0) is 20.9. The van der Waals surface area contributed by atoms with Gasteiger partial charge in [0.1, 0.15) is 11.6 Å². The average molecular weight is 396 g/mol. The third-order valence-corrected chi connectivity index (χ3v) is 4.19. The van der Waals surface area contributed by atoms with Gasteiger partial charge in [-0.1, -0.05) is 13.8 Å². The lowest BCUT2D eigenvalue weighted by Crippen LogP contribution is -2.53. The highest BCUT2D eigenvalue weighted by atomic mass is 16.6. The van der Waals surface area contributed by atoms with Gasteiger partial charge in [-0.25, -0.2) is 10.2 Å². The van der Waals surface area contributed by atoms with Crippen molar-refractivity contribution < 1.29 is 19.7 Å². The van der Waals surface area contributed by atoms with Gasteiger partial charge < -0.3 is 32.2 Å². The van der Waals surface area contributed by atoms with Crippen LogP contribution in [0.2, 0.25) is 0 Å². The fourth-order valence-corrected chi connectivity index (χ4v) is 3.01. The van der Waals surface area contributed by atoms with E-state index in [9.17, 15) is 4.79 Å². The first-order valence-electron chi connectivity index (χ1n) is 8.77. The maximum atomic E-state index is 11.9. The molecule has 1 aliphatic heterocycles. The minimum atomic E-state index is -0.598. The third kappa shape index (κ3) is 5.27. The van der Waals surface area contributed by atoms with Crippen LogP contribution in [0.4, 0.5) is 22.4 Å². The highest BCUT2D eigenvalue weighted by Crippen LogP contribution is 2.35. The molecule has 12 heteroatoms. The van der Waals surface area contributed by atoms with Gasteiger partial charge in [-0.05, 0) is 18.3 Å². The first-order chi connectivity index (χ1) is 13.2. The number of carbonyl (C=O) groups excluding carboxylic acids is 1. The van der Waals surface area contributed by atoms with E-state index in [0.717, 1.165) is 0 Å². The number of ether oxygens (including phenoxy) is 1. The number of hydrogen-bond acceptors (Lipinski definition) is 10. The summed E-state index contributed by atoms with van der Waals surface area (Å²) in [4.78, 5) is 19.8. The van der Waals surface area contributed by atoms with Crippen LogP contribution in [0.25, 0.3) is 0 Å². The van der Waals surface area contributed by atoms with E-state index in [1.54, 1.807) is 5.01 Å². The van der Waals surface area contributed by atoms with Crippen LogP contribution in [-0.4, -0.2) is 51.2 Å². The molecule has 0 bridgehead atoms. The Morgan fingerprint density at radius 1 is 1.14 bits per heavy atom. The number of nitrogens with two attached hydrogens (primary N) is 3. The second-order valence-corrected chi connectivity index (χ2v) is 7.19. The Hall–Kier alpha value is -2.99. The Kier molecular flexibility index (Phi) is 6.70. The molecule has 10 N–H and O–H groups in total. The lowest BCUT2D eigenvalue weighted by Gasteiger charge is -2.37. The smallest absolute Gasteiger partial charge is 0.340 e. The average Bonchev–Trinajstić information content (AvgIpc) is 2.59. The number of carbonyl (C=O) groups is 1. The van der Waals surface area contributed by atoms with E-state index >= 15 is 0 Å². The number of aliphatic hydroxyl groups is 2. The second-order valence-electron chi connectivity index (χ2n) is 7.19. The largest absolute Gasteiger partial charge is 0.451 e. The number of nitrogens with one attached hydrogen (secondary N) is 2. The first-order valence-corrected chi connectivity index (χ1v) is 8.77. The quantitative estimate of drug-likeness (QED) is 0.260. The molecule has 2 heterocycles. The van der Waals surface area contributed by atoms with Gasteiger partial charge in [0.25, 0.3) is 0 Å². The van der Waals surface area contributed by atoms with Crippen LogP contribution in [0, 0.1) is 5.41 Å². The number of nitrogen functional groups attached to an aromatic ring is 3. The molecule has 0 aliphatic carbocycles. The molecule has 156 valence electrons. The van der Waals surface area contributed by atoms with E-state index in [1.165, 1.54) is 0 Å². The summed E-state index contributed by atoms with van der Waals surface area (Å²) in [6.07, 6.45) is 1.29. The van der Waals surface area contributed by atoms with Crippen molar-refractivity contribution in [3.05, 3.63) is 17.1 Å². The van der Waals surface area contributed by atoms with Crippen molar-refractivity contribution in [2.75, 3.05) is 37.1 Å². The number of aromatic nitrogens is 2. The topological polar surface area (TPSA) is 198 Å². The molecule has 12 nitrogen and oxygen atoms in total. The number of nitrogens with zero attached hydrogens (tertiary/aromatic N) is 3. The predicted octanol–water partition coefficient (Wildman–Crippen LogP) is -0.770. The third-order valence-electron chi connectivity index (χ3n) is 4.19. The Morgan fingerprint density at radius 3 is 2.36 bits per heavy atom. The minimum absolute atomic E-state index is 0.00673. The molecular weight excluding hydrogens is 368 g/mol. The minimum Gasteiger partial charge on any atom is -0.451 e. The Bertz CT molecular complexity index is 729. The summed E-state index contributed by atoms with van der Waals surface area (Å²) in [5.41, 5.74) is 20.9. The van der Waals surface area contributed by atoms with Gasteiger partial charge in [0.15, 0.2) is 6.79 Å². The van der Waals surface area contributed by atoms with Gasteiger partial charge in [0, 0.05) is 25.1 Å². The van der Waals surface area contributed by atoms with E-state index in [1.807, 2.05) is 13.8 Å². The molecular formula is C16H28N8O4. The zero-order valence-corrected chi connectivity index (χ0v) is 16.0. The van der Waals surface area contributed by atoms with Crippen molar-refractivity contribution in [1.82, 2.24) is 25.7 Å². The van der Waals surface area contributed by atoms with Crippen molar-refractivity contribution in [3.8, 4) is 0 Å². The van der Waals surface area contributed by atoms with Crippen LogP contribution in [0.3, 0.4) is 0 Å². The van der Waals surface area contributed by atoms with Crippen LogP contribution < -0.4 is 27.9 Å². The fraction of sp³-hybridized carbons (Fsp3) is 0.562. The molecule has 0 unspecified atom stereocenters. The molecule has 0 radical (unpaired) electrons. The molecule has 0 saturated carbocycles. The molecule has 2 amide bonds. The Balaban J connectivity index is 2.31. The summed E-state index contributed by atoms with van der Waals surface area (Å²) in [6.45, 7) is 3.68. The monoisotopic (exact) mass is 396 g/mol. The lowest BCUT2D eigenvalue weighted by atomic mass is 9.81. The van der Waals surface area contributed by atoms with E-state index in [2.05, 4.69) is 20.7 Å². The lowest BCUT2D eigenvalue weighted by molar-refractivity contribution is 0.0213. The number of urea groups is 1. The van der Waals surface area contributed by atoms with Gasteiger partial charge >= 0.3 is 6.03 Å². The normalized spacial score (nSPS) is 14.7. The highest BCUT2D eigenvalue weighted by Gasteiger charge is 2.32. The number of anilines is 3. The van der Waals surface area contributed by atoms with Gasteiger partial charge in [0.2, 0.25) is 11.8 Å². The number of rotatable bonds is 9. The molecule has 0 aromatic carbocycles. The molecule has 0 saturated heterocycles. The number of aliphatic hydroxyl groups excluding tert-OH is 2. The van der Waals surface area contributed by atoms with Crippen molar-refractivity contribution in [1.29, 1.82) is 0 Å². The molecule has 0 atom stereocenters. The molecule has 1 aromatic rings. The van der Waals surface area contributed by atoms with E-state index < -0.39 is 18.2 Å². The SMILES string of the molecule is CC(C)(CC1=C(OCO)NC(=O)NN1CCCO)Cc1c(N)nc(N)nc1N. The van der Waals surface area contributed by atoms with Crippen LogP contribution in [0.5, 0.6) is 0 Å². The highest BCUT2D eigenvalue weighted by molar-refractivity contribution is 5.76. The molecule has 1 aliphatic rings. The van der Waals surface area contributed by atoms with Crippen molar-refractivity contribution in [3.63, 3.8) is 0 Å². The summed E-state index contributed by atoms with van der Waals surface area (Å²) in [6, 6.07) is -0.497. The summed E-state index contributed by atoms with van der Waals surface area (Å²) >= 11 is 0. The summed E-state index contributed by atoms with van der Waals surface area (Å²) < 4.78 is 5.20. The maximum absolute atomic E-state index is 11.9. The number of allylic oxidation sites excluding steroid dienone is 1. The summed E-state index contributed by atoms with van der Waals surface area (Å²) in [5.74, 6) is 0.580. The van der Waals surface area contributed by atoms with Gasteiger partial charge in [-0.3, -0.25) is 10.3 Å². The first kappa shape index (κ1) is 21.3. The second kappa shape index (κ2) is 8.80. The van der Waals surface area contributed by atoms with Crippen LogP contribution in [0.15, 0.2) is 11.6 Å². The zero-order valence-electron chi connectivity index (χ0n) is 16.0. The van der Waals surface area contributed by atoms with Gasteiger partial charge in [0.05, 0.1) is 5.70 Å². The van der Waals surface area contributed by atoms with E-state index in [0.29, 0.717) is 37.1 Å². The van der Waals surface area contributed by atoms with Crippen LogP contribution >= 0.6 is 0 Å². The van der Waals surface area contributed by atoms with Crippen molar-refractivity contribution in [2.24, 2.45) is 5.41 Å². The van der Waals surface area contributed by atoms with E-state index in [4.69, 9.17) is 32.2 Å². The summed E-state index contributed by atoms with van der Waals surface area (Å²) in [7, 11) is 0. The van der Waals surface area contributed by atoms with Crippen molar-refractivity contribution in [2.45, 2.75) is 33.1 Å². The number of amides is 2. The fourth-order valence-electron chi connectivity index (χ4n) is 3.01. The number of hydrazine groups is 1. The molecule has 2 rings (SSSR count). The Labute approximate surface area is 162 Å². The standard InChI is InChI=1S/C16H28N8O4/c1-16(2,6-9-11(17)20-14(19)21-12(9)18)7-10-13(28-8-26)22-15(27)23-24(10)4-3-5-25/h25-26H,3-8H2,1-2H3,(H2,22,23,27)(H6,17,18,19,20,21). The molecule has 0 spiro atoms. The van der Waals surface area contributed by atoms with Crippen molar-refractivity contribution >= 4 is 23.6 Å². The van der Waals surface area contributed by atoms with Crippen LogP contribution in [-0.2, 0) is 11.2 Å². The number of hydrogen-bond donors (Lipinski definition) is 7. The van der Waals surface area contributed by atoms with Crippen LogP contribution in [0.1, 0.15) is 32.3 Å². The molecule has 28 heavy (non-hydrogen) atoms. The van der Waals surface area contributed by atoms with E-state index in [-0.39, 0.29) is 30.1 Å². The maximum Gasteiger partial charge on any atom is 0.340 e.